The predicted molar refractivity (Wildman–Crippen MR) is 93.1 cm³/mol. The topological polar surface area (TPSA) is 108 Å². The lowest BCUT2D eigenvalue weighted by molar-refractivity contribution is -0.218. The van der Waals surface area contributed by atoms with Crippen LogP contribution in [0.25, 0.3) is 0 Å². The van der Waals surface area contributed by atoms with E-state index in [9.17, 15) is 19.5 Å². The van der Waals surface area contributed by atoms with Crippen LogP contribution in [0.2, 0.25) is 0 Å². The van der Waals surface area contributed by atoms with E-state index in [2.05, 4.69) is 21.1 Å². The van der Waals surface area contributed by atoms with Crippen molar-refractivity contribution in [3.05, 3.63) is 0 Å². The number of esters is 3. The van der Waals surface area contributed by atoms with Crippen molar-refractivity contribution in [3.8, 4) is 0 Å². The minimum atomic E-state index is -1.99. The molecule has 0 aliphatic rings. The van der Waals surface area contributed by atoms with Gasteiger partial charge in [0, 0.05) is 0 Å². The summed E-state index contributed by atoms with van der Waals surface area (Å²) < 4.78 is 19.3. The summed E-state index contributed by atoms with van der Waals surface area (Å²) in [4.78, 5) is 35.7. The van der Waals surface area contributed by atoms with Crippen molar-refractivity contribution in [2.24, 2.45) is 0 Å². The van der Waals surface area contributed by atoms with E-state index in [0.29, 0.717) is 6.42 Å². The van der Waals surface area contributed by atoms with Gasteiger partial charge in [0.2, 0.25) is 0 Å². The highest BCUT2D eigenvalue weighted by Gasteiger charge is 2.47. The molecule has 1 atom stereocenters. The third-order valence-corrected chi connectivity index (χ3v) is 4.04. The van der Waals surface area contributed by atoms with Gasteiger partial charge in [-0.05, 0) is 12.8 Å². The maximum absolute atomic E-state index is 12.2. The first kappa shape index (κ1) is 24.3. The van der Waals surface area contributed by atoms with Gasteiger partial charge >= 0.3 is 17.9 Å². The first-order valence-electron chi connectivity index (χ1n) is 8.93. The van der Waals surface area contributed by atoms with Crippen molar-refractivity contribution in [1.29, 1.82) is 0 Å². The van der Waals surface area contributed by atoms with Crippen molar-refractivity contribution >= 4 is 17.9 Å². The van der Waals surface area contributed by atoms with E-state index in [1.54, 1.807) is 0 Å². The van der Waals surface area contributed by atoms with E-state index < -0.39 is 42.6 Å². The maximum Gasteiger partial charge on any atom is 0.339 e. The van der Waals surface area contributed by atoms with Crippen LogP contribution in [0.3, 0.4) is 0 Å². The molecule has 0 radical (unpaired) electrons. The largest absolute Gasteiger partial charge is 0.469 e. The molecule has 0 aromatic carbocycles. The summed E-state index contributed by atoms with van der Waals surface area (Å²) in [6.45, 7) is 2.13. The summed E-state index contributed by atoms with van der Waals surface area (Å²) in [5.41, 5.74) is -1.99. The van der Waals surface area contributed by atoms with Gasteiger partial charge < -0.3 is 24.1 Å². The molecular weight excluding hydrogens is 344 g/mol. The molecule has 0 fully saturated rings. The summed E-state index contributed by atoms with van der Waals surface area (Å²) in [6.07, 6.45) is 3.91. The van der Waals surface area contributed by atoms with Crippen LogP contribution < -0.4 is 0 Å². The van der Waals surface area contributed by atoms with Crippen LogP contribution in [0, 0.1) is 0 Å². The third kappa shape index (κ3) is 9.15. The number of carbonyl (C=O) groups excluding carboxylic acids is 3. The van der Waals surface area contributed by atoms with E-state index in [1.165, 1.54) is 6.42 Å². The molecule has 0 aromatic heterocycles. The standard InChI is InChI=1S/C18H32O8/c1-5-6-7-8-9-10-11-14(19)26-18(17(22)25-4,12-15(20)23-2)13-16(21)24-3/h14,19H,5-13H2,1-4H3. The zero-order chi connectivity index (χ0) is 20.0. The number of hydrogen-bond donors (Lipinski definition) is 1. The quantitative estimate of drug-likeness (QED) is 0.212. The molecule has 0 aliphatic carbocycles. The van der Waals surface area contributed by atoms with E-state index in [0.717, 1.165) is 47.0 Å². The van der Waals surface area contributed by atoms with Crippen LogP contribution in [0.4, 0.5) is 0 Å². The first-order valence-corrected chi connectivity index (χ1v) is 8.93. The van der Waals surface area contributed by atoms with Crippen molar-refractivity contribution in [1.82, 2.24) is 0 Å². The highest BCUT2D eigenvalue weighted by molar-refractivity contribution is 5.90. The van der Waals surface area contributed by atoms with Crippen molar-refractivity contribution < 1.29 is 38.4 Å². The van der Waals surface area contributed by atoms with Gasteiger partial charge in [-0.25, -0.2) is 4.79 Å². The summed E-state index contributed by atoms with van der Waals surface area (Å²) >= 11 is 0. The van der Waals surface area contributed by atoms with Gasteiger partial charge in [-0.15, -0.1) is 0 Å². The molecule has 152 valence electrons. The van der Waals surface area contributed by atoms with E-state index in [4.69, 9.17) is 4.74 Å². The minimum absolute atomic E-state index is 0.271. The van der Waals surface area contributed by atoms with Gasteiger partial charge in [-0.2, -0.15) is 0 Å². The van der Waals surface area contributed by atoms with Crippen LogP contribution in [0.15, 0.2) is 0 Å². The fourth-order valence-corrected chi connectivity index (χ4v) is 2.55. The Morgan fingerprint density at radius 1 is 0.846 bits per heavy atom. The monoisotopic (exact) mass is 376 g/mol. The number of aliphatic hydroxyl groups is 1. The molecule has 1 unspecified atom stereocenters. The Bertz CT molecular complexity index is 417. The Labute approximate surface area is 155 Å². The zero-order valence-corrected chi connectivity index (χ0v) is 16.2. The highest BCUT2D eigenvalue weighted by atomic mass is 16.6. The Hall–Kier alpha value is -1.67. The first-order chi connectivity index (χ1) is 12.3. The molecule has 1 N–H and O–H groups in total. The molecule has 0 aromatic rings. The van der Waals surface area contributed by atoms with E-state index >= 15 is 0 Å². The van der Waals surface area contributed by atoms with Gasteiger partial charge in [0.25, 0.3) is 0 Å². The number of ether oxygens (including phenoxy) is 4. The second kappa shape index (κ2) is 13.5. The number of carbonyl (C=O) groups is 3. The highest BCUT2D eigenvalue weighted by Crippen LogP contribution is 2.27. The SMILES string of the molecule is CCCCCCCCC(O)OC(CC(=O)OC)(CC(=O)OC)C(=O)OC. The molecule has 0 heterocycles. The minimum Gasteiger partial charge on any atom is -0.469 e. The van der Waals surface area contributed by atoms with Crippen LogP contribution in [-0.4, -0.2) is 56.2 Å². The summed E-state index contributed by atoms with van der Waals surface area (Å²) in [6, 6.07) is 0. The molecule has 0 bridgehead atoms. The Morgan fingerprint density at radius 2 is 1.35 bits per heavy atom. The van der Waals surface area contributed by atoms with E-state index in [1.807, 2.05) is 0 Å². The van der Waals surface area contributed by atoms with Crippen molar-refractivity contribution in [3.63, 3.8) is 0 Å². The van der Waals surface area contributed by atoms with Gasteiger partial charge in [-0.3, -0.25) is 9.59 Å². The number of rotatable bonds is 14. The molecule has 0 aliphatic heterocycles. The van der Waals surface area contributed by atoms with Crippen LogP contribution in [0.1, 0.15) is 64.7 Å². The summed E-state index contributed by atoms with van der Waals surface area (Å²) in [5.74, 6) is -2.49. The van der Waals surface area contributed by atoms with Gasteiger partial charge in [-0.1, -0.05) is 39.0 Å². The van der Waals surface area contributed by atoms with Crippen molar-refractivity contribution in [2.45, 2.75) is 76.6 Å². The third-order valence-electron chi connectivity index (χ3n) is 4.04. The predicted octanol–water partition coefficient (Wildman–Crippen LogP) is 2.11. The van der Waals surface area contributed by atoms with Gasteiger partial charge in [0.15, 0.2) is 11.9 Å². The molecule has 0 amide bonds. The molecule has 0 saturated heterocycles. The molecule has 8 heteroatoms. The lowest BCUT2D eigenvalue weighted by Crippen LogP contribution is -2.49. The van der Waals surface area contributed by atoms with Crippen LogP contribution in [0.5, 0.6) is 0 Å². The zero-order valence-electron chi connectivity index (χ0n) is 16.2. The summed E-state index contributed by atoms with van der Waals surface area (Å²) in [5, 5.41) is 10.2. The fourth-order valence-electron chi connectivity index (χ4n) is 2.55. The van der Waals surface area contributed by atoms with Crippen molar-refractivity contribution in [2.75, 3.05) is 21.3 Å². The lowest BCUT2D eigenvalue weighted by Gasteiger charge is -2.31. The number of methoxy groups -OCH3 is 3. The van der Waals surface area contributed by atoms with Crippen LogP contribution in [-0.2, 0) is 33.3 Å². The Morgan fingerprint density at radius 3 is 1.81 bits per heavy atom. The molecule has 26 heavy (non-hydrogen) atoms. The summed E-state index contributed by atoms with van der Waals surface area (Å²) in [7, 11) is 3.40. The number of unbranched alkanes of at least 4 members (excludes halogenated alkanes) is 5. The maximum atomic E-state index is 12.2. The number of hydrogen-bond acceptors (Lipinski definition) is 8. The molecule has 0 saturated carbocycles. The Kier molecular flexibility index (Phi) is 12.7. The fraction of sp³-hybridized carbons (Fsp3) is 0.833. The molecule has 0 rings (SSSR count). The molecular formula is C18H32O8. The second-order valence-corrected chi connectivity index (χ2v) is 6.12. The Balaban J connectivity index is 4.97. The van der Waals surface area contributed by atoms with Gasteiger partial charge in [0.1, 0.15) is 0 Å². The van der Waals surface area contributed by atoms with E-state index in [-0.39, 0.29) is 6.42 Å². The lowest BCUT2D eigenvalue weighted by atomic mass is 9.94. The normalized spacial score (nSPS) is 12.3. The van der Waals surface area contributed by atoms with Gasteiger partial charge in [0.05, 0.1) is 34.2 Å². The van der Waals surface area contributed by atoms with Crippen LogP contribution >= 0.6 is 0 Å². The smallest absolute Gasteiger partial charge is 0.339 e. The average Bonchev–Trinajstić information content (AvgIpc) is 2.63. The molecule has 0 spiro atoms. The molecule has 8 nitrogen and oxygen atoms in total. The number of aliphatic hydroxyl groups excluding tert-OH is 1. The average molecular weight is 376 g/mol. The second-order valence-electron chi connectivity index (χ2n) is 6.12.